The zero-order valence-electron chi connectivity index (χ0n) is 10.9. The number of benzene rings is 1. The first-order valence-electron chi connectivity index (χ1n) is 6.75. The first kappa shape index (κ1) is 14.4. The second-order valence-electron chi connectivity index (χ2n) is 5.03. The van der Waals surface area contributed by atoms with Crippen LogP contribution in [0.5, 0.6) is 0 Å². The van der Waals surface area contributed by atoms with Gasteiger partial charge in [0.1, 0.15) is 5.82 Å². The summed E-state index contributed by atoms with van der Waals surface area (Å²) in [4.78, 5) is 2.02. The van der Waals surface area contributed by atoms with Gasteiger partial charge in [-0.3, -0.25) is 0 Å². The average molecular weight is 287 g/mol. The van der Waals surface area contributed by atoms with E-state index < -0.39 is 5.82 Å². The van der Waals surface area contributed by atoms with Crippen LogP contribution < -0.4 is 10.6 Å². The maximum atomic E-state index is 13.7. The maximum Gasteiger partial charge on any atom is 0.144 e. The van der Waals surface area contributed by atoms with Gasteiger partial charge in [-0.25, -0.2) is 4.39 Å². The van der Waals surface area contributed by atoms with Crippen LogP contribution in [-0.2, 0) is 0 Å². The number of anilines is 2. The Balaban J connectivity index is 2.29. The number of nitrogens with zero attached hydrogens (tertiary/aromatic N) is 1. The fourth-order valence-corrected chi connectivity index (χ4v) is 2.97. The summed E-state index contributed by atoms with van der Waals surface area (Å²) in [5.74, 6) is -0.468. The molecule has 1 saturated carbocycles. The van der Waals surface area contributed by atoms with E-state index in [0.29, 0.717) is 24.0 Å². The number of aliphatic hydroxyl groups excluding tert-OH is 1. The van der Waals surface area contributed by atoms with Gasteiger partial charge < -0.3 is 15.7 Å². The van der Waals surface area contributed by atoms with Crippen LogP contribution in [0.15, 0.2) is 12.1 Å². The van der Waals surface area contributed by atoms with Crippen LogP contribution in [0.4, 0.5) is 15.8 Å². The molecule has 1 aliphatic carbocycles. The molecule has 0 amide bonds. The Kier molecular flexibility index (Phi) is 4.88. The van der Waals surface area contributed by atoms with Crippen LogP contribution in [-0.4, -0.2) is 24.3 Å². The van der Waals surface area contributed by atoms with Crippen molar-refractivity contribution in [1.29, 1.82) is 0 Å². The molecule has 0 aromatic heterocycles. The molecule has 0 bridgehead atoms. The highest BCUT2D eigenvalue weighted by molar-refractivity contribution is 6.31. The molecule has 1 aromatic rings. The molecule has 5 heteroatoms. The van der Waals surface area contributed by atoms with Crippen molar-refractivity contribution < 1.29 is 9.50 Å². The van der Waals surface area contributed by atoms with Crippen LogP contribution in [0.1, 0.15) is 32.1 Å². The van der Waals surface area contributed by atoms with E-state index in [4.69, 9.17) is 17.3 Å². The second-order valence-corrected chi connectivity index (χ2v) is 5.44. The lowest BCUT2D eigenvalue weighted by Crippen LogP contribution is -2.39. The molecule has 0 unspecified atom stereocenters. The van der Waals surface area contributed by atoms with E-state index >= 15 is 0 Å². The van der Waals surface area contributed by atoms with Gasteiger partial charge in [-0.15, -0.1) is 0 Å². The van der Waals surface area contributed by atoms with Gasteiger partial charge in [0.15, 0.2) is 0 Å². The monoisotopic (exact) mass is 286 g/mol. The molecule has 3 nitrogen and oxygen atoms in total. The van der Waals surface area contributed by atoms with Gasteiger partial charge in [-0.2, -0.15) is 0 Å². The molecular weight excluding hydrogens is 267 g/mol. The molecule has 1 fully saturated rings. The number of nitrogens with two attached hydrogens (primary N) is 1. The largest absolute Gasteiger partial charge is 0.397 e. The number of halogens is 2. The van der Waals surface area contributed by atoms with Gasteiger partial charge in [0.05, 0.1) is 23.0 Å². The summed E-state index contributed by atoms with van der Waals surface area (Å²) < 4.78 is 13.7. The van der Waals surface area contributed by atoms with E-state index in [9.17, 15) is 9.50 Å². The Hall–Kier alpha value is -1.00. The quantitative estimate of drug-likeness (QED) is 0.836. The predicted octanol–water partition coefficient (Wildman–Crippen LogP) is 3.19. The van der Waals surface area contributed by atoms with Crippen LogP contribution in [0.25, 0.3) is 0 Å². The molecule has 0 saturated heterocycles. The zero-order chi connectivity index (χ0) is 13.8. The smallest absolute Gasteiger partial charge is 0.144 e. The minimum Gasteiger partial charge on any atom is -0.397 e. The summed E-state index contributed by atoms with van der Waals surface area (Å²) in [6, 6.07) is 3.14. The third kappa shape index (κ3) is 3.31. The maximum absolute atomic E-state index is 13.7. The summed E-state index contributed by atoms with van der Waals surface area (Å²) in [5, 5.41) is 9.28. The number of hydrogen-bond donors (Lipinski definition) is 2. The van der Waals surface area contributed by atoms with Crippen LogP contribution in [0.3, 0.4) is 0 Å². The van der Waals surface area contributed by atoms with Crippen molar-refractivity contribution in [3.63, 3.8) is 0 Å². The van der Waals surface area contributed by atoms with Gasteiger partial charge in [0, 0.05) is 18.7 Å². The number of hydrogen-bond acceptors (Lipinski definition) is 3. The first-order chi connectivity index (χ1) is 9.13. The van der Waals surface area contributed by atoms with Gasteiger partial charge in [-0.1, -0.05) is 30.9 Å². The van der Waals surface area contributed by atoms with E-state index in [0.717, 1.165) is 12.8 Å². The van der Waals surface area contributed by atoms with Crippen molar-refractivity contribution in [2.75, 3.05) is 23.8 Å². The molecule has 3 N–H and O–H groups in total. The number of nitrogen functional groups attached to an aromatic ring is 1. The van der Waals surface area contributed by atoms with Crippen molar-refractivity contribution in [3.8, 4) is 0 Å². The molecule has 1 aromatic carbocycles. The first-order valence-corrected chi connectivity index (χ1v) is 7.13. The van der Waals surface area contributed by atoms with E-state index in [1.807, 2.05) is 4.90 Å². The summed E-state index contributed by atoms with van der Waals surface area (Å²) in [6.45, 7) is 0.496. The molecule has 0 aliphatic heterocycles. The molecule has 19 heavy (non-hydrogen) atoms. The van der Waals surface area contributed by atoms with Gasteiger partial charge >= 0.3 is 0 Å². The minimum atomic E-state index is -0.468. The van der Waals surface area contributed by atoms with Crippen molar-refractivity contribution in [1.82, 2.24) is 0 Å². The molecule has 0 atom stereocenters. The Labute approximate surface area is 118 Å². The fourth-order valence-electron chi connectivity index (χ4n) is 2.80. The lowest BCUT2D eigenvalue weighted by molar-refractivity contribution is 0.290. The third-order valence-corrected chi connectivity index (χ3v) is 4.03. The van der Waals surface area contributed by atoms with Crippen molar-refractivity contribution in [2.45, 2.75) is 38.1 Å². The van der Waals surface area contributed by atoms with Gasteiger partial charge in [0.25, 0.3) is 0 Å². The predicted molar refractivity (Wildman–Crippen MR) is 77.1 cm³/mol. The van der Waals surface area contributed by atoms with Crippen LogP contribution >= 0.6 is 11.6 Å². The number of aliphatic hydroxyl groups is 1. The van der Waals surface area contributed by atoms with Crippen molar-refractivity contribution >= 4 is 23.0 Å². The Morgan fingerprint density at radius 1 is 1.32 bits per heavy atom. The van der Waals surface area contributed by atoms with Gasteiger partial charge in [0.2, 0.25) is 0 Å². The SMILES string of the molecule is Nc1cc(Cl)c(F)cc1N(CCO)C1CCCCC1. The lowest BCUT2D eigenvalue weighted by Gasteiger charge is -2.36. The van der Waals surface area contributed by atoms with Gasteiger partial charge in [-0.05, 0) is 18.9 Å². The van der Waals surface area contributed by atoms with Crippen molar-refractivity contribution in [3.05, 3.63) is 23.0 Å². The molecule has 2 rings (SSSR count). The highest BCUT2D eigenvalue weighted by atomic mass is 35.5. The molecular formula is C14H20ClFN2O. The minimum absolute atomic E-state index is 0.0280. The average Bonchev–Trinajstić information content (AvgIpc) is 2.42. The van der Waals surface area contributed by atoms with E-state index in [1.54, 1.807) is 0 Å². The highest BCUT2D eigenvalue weighted by Gasteiger charge is 2.23. The van der Waals surface area contributed by atoms with E-state index in [-0.39, 0.29) is 11.6 Å². The lowest BCUT2D eigenvalue weighted by atomic mass is 9.93. The summed E-state index contributed by atoms with van der Waals surface area (Å²) >= 11 is 5.73. The van der Waals surface area contributed by atoms with E-state index in [1.165, 1.54) is 31.4 Å². The topological polar surface area (TPSA) is 49.5 Å². The Bertz CT molecular complexity index is 436. The molecule has 0 radical (unpaired) electrons. The van der Waals surface area contributed by atoms with Crippen LogP contribution in [0.2, 0.25) is 5.02 Å². The highest BCUT2D eigenvalue weighted by Crippen LogP contribution is 2.33. The standard InChI is InChI=1S/C14H20ClFN2O/c15-11-8-13(17)14(9-12(11)16)18(6-7-19)10-4-2-1-3-5-10/h8-10,19H,1-7,17H2. The Morgan fingerprint density at radius 3 is 2.63 bits per heavy atom. The fraction of sp³-hybridized carbons (Fsp3) is 0.571. The van der Waals surface area contributed by atoms with Crippen molar-refractivity contribution in [2.24, 2.45) is 0 Å². The summed E-state index contributed by atoms with van der Waals surface area (Å²) in [5.41, 5.74) is 7.06. The third-order valence-electron chi connectivity index (χ3n) is 3.74. The molecule has 1 aliphatic rings. The molecule has 106 valence electrons. The molecule has 0 spiro atoms. The molecule has 0 heterocycles. The summed E-state index contributed by atoms with van der Waals surface area (Å²) in [6.07, 6.45) is 5.70. The normalized spacial score (nSPS) is 16.6. The summed E-state index contributed by atoms with van der Waals surface area (Å²) in [7, 11) is 0. The number of rotatable bonds is 4. The zero-order valence-corrected chi connectivity index (χ0v) is 11.7. The second kappa shape index (κ2) is 6.44. The van der Waals surface area contributed by atoms with Crippen LogP contribution in [0, 0.1) is 5.82 Å². The van der Waals surface area contributed by atoms with E-state index in [2.05, 4.69) is 0 Å². The Morgan fingerprint density at radius 2 is 2.00 bits per heavy atom.